The number of rotatable bonds is 4. The Morgan fingerprint density at radius 1 is 1.64 bits per heavy atom. The second-order valence-corrected chi connectivity index (χ2v) is 3.53. The minimum atomic E-state index is -0.267. The summed E-state index contributed by atoms with van der Waals surface area (Å²) in [5.74, 6) is 0.716. The Bertz CT molecular complexity index is 304. The monoisotopic (exact) mass is 197 g/mol. The van der Waals surface area contributed by atoms with Gasteiger partial charge >= 0.3 is 0 Å². The Balaban J connectivity index is 2.40. The quantitative estimate of drug-likeness (QED) is 0.750. The van der Waals surface area contributed by atoms with Gasteiger partial charge in [-0.25, -0.2) is 5.48 Å². The molecule has 4 nitrogen and oxygen atoms in total. The number of nitrogens with one attached hydrogen (secondary N) is 1. The van der Waals surface area contributed by atoms with Crippen molar-refractivity contribution in [1.29, 1.82) is 0 Å². The predicted octanol–water partition coefficient (Wildman–Crippen LogP) is 1.91. The van der Waals surface area contributed by atoms with Crippen LogP contribution in [0, 0.1) is 12.8 Å². The van der Waals surface area contributed by atoms with Crippen LogP contribution >= 0.6 is 0 Å². The first-order valence-corrected chi connectivity index (χ1v) is 4.57. The van der Waals surface area contributed by atoms with Crippen molar-refractivity contribution >= 4 is 5.91 Å². The van der Waals surface area contributed by atoms with Gasteiger partial charge in [-0.05, 0) is 18.9 Å². The van der Waals surface area contributed by atoms with Crippen LogP contribution in [-0.2, 0) is 4.84 Å². The lowest BCUT2D eigenvalue weighted by atomic mass is 10.2. The summed E-state index contributed by atoms with van der Waals surface area (Å²) in [4.78, 5) is 16.4. The third-order valence-corrected chi connectivity index (χ3v) is 1.68. The molecule has 0 atom stereocenters. The van der Waals surface area contributed by atoms with E-state index in [9.17, 15) is 4.79 Å². The number of amides is 1. The van der Waals surface area contributed by atoms with Crippen molar-refractivity contribution in [2.24, 2.45) is 5.92 Å². The first-order chi connectivity index (χ1) is 6.61. The molecule has 78 valence electrons. The predicted molar refractivity (Wildman–Crippen MR) is 51.7 cm³/mol. The normalized spacial score (nSPS) is 10.6. The van der Waals surface area contributed by atoms with Gasteiger partial charge in [-0.2, -0.15) is 0 Å². The molecule has 1 heterocycles. The zero-order valence-electron chi connectivity index (χ0n) is 8.66. The van der Waals surface area contributed by atoms with E-state index in [0.29, 0.717) is 23.8 Å². The fourth-order valence-corrected chi connectivity index (χ4v) is 0.949. The summed E-state index contributed by atoms with van der Waals surface area (Å²) < 4.78 is 5.00. The number of hydroxylamine groups is 1. The number of carbonyl (C=O) groups is 1. The molecule has 0 spiro atoms. The zero-order chi connectivity index (χ0) is 10.6. The van der Waals surface area contributed by atoms with Crippen LogP contribution in [-0.4, -0.2) is 12.5 Å². The Kier molecular flexibility index (Phi) is 3.71. The van der Waals surface area contributed by atoms with Crippen molar-refractivity contribution in [2.45, 2.75) is 20.8 Å². The van der Waals surface area contributed by atoms with E-state index < -0.39 is 0 Å². The SMILES string of the molecule is Cc1occc1C(=O)NOCC(C)C. The fourth-order valence-electron chi connectivity index (χ4n) is 0.949. The molecule has 1 aromatic rings. The van der Waals surface area contributed by atoms with Crippen LogP contribution in [0.25, 0.3) is 0 Å². The van der Waals surface area contributed by atoms with Gasteiger partial charge in [-0.1, -0.05) is 13.8 Å². The van der Waals surface area contributed by atoms with Gasteiger partial charge in [0.1, 0.15) is 5.76 Å². The summed E-state index contributed by atoms with van der Waals surface area (Å²) in [5, 5.41) is 0. The lowest BCUT2D eigenvalue weighted by Gasteiger charge is -2.06. The third-order valence-electron chi connectivity index (χ3n) is 1.68. The number of aryl methyl sites for hydroxylation is 1. The van der Waals surface area contributed by atoms with Crippen LogP contribution in [0.15, 0.2) is 16.7 Å². The maximum absolute atomic E-state index is 11.4. The smallest absolute Gasteiger partial charge is 0.278 e. The molecule has 0 bridgehead atoms. The van der Waals surface area contributed by atoms with Crippen molar-refractivity contribution in [3.63, 3.8) is 0 Å². The topological polar surface area (TPSA) is 51.5 Å². The van der Waals surface area contributed by atoms with Crippen molar-refractivity contribution in [1.82, 2.24) is 5.48 Å². The van der Waals surface area contributed by atoms with Crippen LogP contribution < -0.4 is 5.48 Å². The van der Waals surface area contributed by atoms with E-state index in [1.165, 1.54) is 6.26 Å². The lowest BCUT2D eigenvalue weighted by Crippen LogP contribution is -2.25. The summed E-state index contributed by atoms with van der Waals surface area (Å²) in [6.07, 6.45) is 1.48. The van der Waals surface area contributed by atoms with Crippen LogP contribution in [0.4, 0.5) is 0 Å². The molecular formula is C10H15NO3. The highest BCUT2D eigenvalue weighted by atomic mass is 16.6. The molecule has 14 heavy (non-hydrogen) atoms. The van der Waals surface area contributed by atoms with E-state index in [-0.39, 0.29) is 5.91 Å². The molecule has 0 fully saturated rings. The molecule has 0 aliphatic rings. The standard InChI is InChI=1S/C10H15NO3/c1-7(2)6-14-11-10(12)9-4-5-13-8(9)3/h4-5,7H,6H2,1-3H3,(H,11,12). The second-order valence-electron chi connectivity index (χ2n) is 3.53. The summed E-state index contributed by atoms with van der Waals surface area (Å²) in [6, 6.07) is 1.61. The van der Waals surface area contributed by atoms with E-state index in [1.54, 1.807) is 13.0 Å². The van der Waals surface area contributed by atoms with E-state index in [0.717, 1.165) is 0 Å². The minimum absolute atomic E-state index is 0.267. The van der Waals surface area contributed by atoms with E-state index in [2.05, 4.69) is 5.48 Å². The maximum Gasteiger partial charge on any atom is 0.278 e. The summed E-state index contributed by atoms with van der Waals surface area (Å²) in [6.45, 7) is 6.25. The van der Waals surface area contributed by atoms with Gasteiger partial charge in [0, 0.05) is 0 Å². The van der Waals surface area contributed by atoms with Gasteiger partial charge in [0.2, 0.25) is 0 Å². The first-order valence-electron chi connectivity index (χ1n) is 4.57. The van der Waals surface area contributed by atoms with Crippen molar-refractivity contribution in [2.75, 3.05) is 6.61 Å². The summed E-state index contributed by atoms with van der Waals surface area (Å²) in [5.41, 5.74) is 2.87. The average Bonchev–Trinajstić information content (AvgIpc) is 2.50. The molecule has 0 unspecified atom stereocenters. The van der Waals surface area contributed by atoms with Gasteiger partial charge < -0.3 is 4.42 Å². The molecule has 4 heteroatoms. The highest BCUT2D eigenvalue weighted by molar-refractivity contribution is 5.94. The summed E-state index contributed by atoms with van der Waals surface area (Å²) >= 11 is 0. The van der Waals surface area contributed by atoms with Crippen LogP contribution in [0.2, 0.25) is 0 Å². The highest BCUT2D eigenvalue weighted by Crippen LogP contribution is 2.07. The second kappa shape index (κ2) is 4.81. The maximum atomic E-state index is 11.4. The van der Waals surface area contributed by atoms with Gasteiger partial charge in [-0.15, -0.1) is 0 Å². The number of carbonyl (C=O) groups excluding carboxylic acids is 1. The molecule has 0 aliphatic heterocycles. The van der Waals surface area contributed by atoms with Crippen molar-refractivity contribution in [3.05, 3.63) is 23.7 Å². The molecular weight excluding hydrogens is 182 g/mol. The molecule has 0 saturated carbocycles. The van der Waals surface area contributed by atoms with E-state index in [4.69, 9.17) is 9.25 Å². The Labute approximate surface area is 83.2 Å². The Morgan fingerprint density at radius 2 is 2.36 bits per heavy atom. The lowest BCUT2D eigenvalue weighted by molar-refractivity contribution is 0.0207. The van der Waals surface area contributed by atoms with E-state index >= 15 is 0 Å². The molecule has 0 aliphatic carbocycles. The van der Waals surface area contributed by atoms with Crippen LogP contribution in [0.1, 0.15) is 30.0 Å². The molecule has 1 rings (SSSR count). The van der Waals surface area contributed by atoms with Crippen molar-refractivity contribution in [3.8, 4) is 0 Å². The molecule has 0 radical (unpaired) electrons. The Morgan fingerprint density at radius 3 is 2.86 bits per heavy atom. The van der Waals surface area contributed by atoms with Gasteiger partial charge in [0.05, 0.1) is 18.4 Å². The largest absolute Gasteiger partial charge is 0.469 e. The Hall–Kier alpha value is -1.29. The molecule has 1 aromatic heterocycles. The molecule has 1 N–H and O–H groups in total. The molecule has 0 aromatic carbocycles. The van der Waals surface area contributed by atoms with Crippen LogP contribution in [0.3, 0.4) is 0 Å². The number of furan rings is 1. The zero-order valence-corrected chi connectivity index (χ0v) is 8.66. The van der Waals surface area contributed by atoms with E-state index in [1.807, 2.05) is 13.8 Å². The average molecular weight is 197 g/mol. The number of hydrogen-bond acceptors (Lipinski definition) is 3. The van der Waals surface area contributed by atoms with Crippen LogP contribution in [0.5, 0.6) is 0 Å². The number of hydrogen-bond donors (Lipinski definition) is 1. The summed E-state index contributed by atoms with van der Waals surface area (Å²) in [7, 11) is 0. The van der Waals surface area contributed by atoms with Gasteiger partial charge in [-0.3, -0.25) is 9.63 Å². The minimum Gasteiger partial charge on any atom is -0.469 e. The van der Waals surface area contributed by atoms with Gasteiger partial charge in [0.25, 0.3) is 5.91 Å². The van der Waals surface area contributed by atoms with Crippen molar-refractivity contribution < 1.29 is 14.0 Å². The first kappa shape index (κ1) is 10.8. The van der Waals surface area contributed by atoms with Gasteiger partial charge in [0.15, 0.2) is 0 Å². The molecule has 0 saturated heterocycles. The highest BCUT2D eigenvalue weighted by Gasteiger charge is 2.10. The third kappa shape index (κ3) is 2.88. The fraction of sp³-hybridized carbons (Fsp3) is 0.500. The molecule has 1 amide bonds.